The fraction of sp³-hybridized carbons (Fsp3) is 0.158. The van der Waals surface area contributed by atoms with Crippen molar-refractivity contribution in [2.45, 2.75) is 6.42 Å². The number of nitro groups is 1. The number of carbonyl (C=O) groups is 2. The molecule has 1 unspecified atom stereocenters. The molecule has 0 bridgehead atoms. The Morgan fingerprint density at radius 1 is 1.14 bits per heavy atom. The highest BCUT2D eigenvalue weighted by atomic mass is 16.6. The summed E-state index contributed by atoms with van der Waals surface area (Å²) in [6.07, 6.45) is 0.0874. The zero-order valence-electron chi connectivity index (χ0n) is 15.0. The highest BCUT2D eigenvalue weighted by molar-refractivity contribution is 6.03. The molecule has 0 aliphatic carbocycles. The molecule has 29 heavy (non-hydrogen) atoms. The van der Waals surface area contributed by atoms with E-state index in [1.165, 1.54) is 24.3 Å². The van der Waals surface area contributed by atoms with Crippen LogP contribution in [0.2, 0.25) is 0 Å². The second-order valence-corrected chi connectivity index (χ2v) is 6.45. The van der Waals surface area contributed by atoms with Crippen LogP contribution < -0.4 is 10.2 Å². The van der Waals surface area contributed by atoms with E-state index >= 15 is 0 Å². The average molecular weight is 393 g/mol. The molecule has 1 fully saturated rings. The molecule has 1 aromatic heterocycles. The number of nitrogens with one attached hydrogen (secondary N) is 1. The van der Waals surface area contributed by atoms with E-state index in [4.69, 9.17) is 4.42 Å². The van der Waals surface area contributed by atoms with Gasteiger partial charge in [-0.1, -0.05) is 23.3 Å². The Bertz CT molecular complexity index is 1060. The van der Waals surface area contributed by atoms with Crippen LogP contribution in [0.15, 0.2) is 59.0 Å². The number of para-hydroxylation sites is 1. The van der Waals surface area contributed by atoms with Crippen molar-refractivity contribution >= 4 is 29.2 Å². The number of rotatable bonds is 5. The number of aromatic nitrogens is 2. The highest BCUT2D eigenvalue weighted by Gasteiger charge is 2.35. The maximum absolute atomic E-state index is 12.5. The molecule has 4 rings (SSSR count). The fourth-order valence-corrected chi connectivity index (χ4v) is 3.06. The summed E-state index contributed by atoms with van der Waals surface area (Å²) >= 11 is 0. The lowest BCUT2D eigenvalue weighted by atomic mass is 10.1. The molecule has 1 aliphatic heterocycles. The number of nitrogens with zero attached hydrogens (tertiary/aromatic N) is 4. The van der Waals surface area contributed by atoms with E-state index in [1.54, 1.807) is 4.90 Å². The molecule has 10 nitrogen and oxygen atoms in total. The van der Waals surface area contributed by atoms with E-state index in [0.717, 1.165) is 5.69 Å². The number of benzene rings is 2. The third kappa shape index (κ3) is 3.81. The van der Waals surface area contributed by atoms with Gasteiger partial charge in [0.15, 0.2) is 0 Å². The molecule has 2 aromatic carbocycles. The minimum atomic E-state index is -0.544. The highest BCUT2D eigenvalue weighted by Crippen LogP contribution is 2.27. The lowest BCUT2D eigenvalue weighted by molar-refractivity contribution is -0.384. The van der Waals surface area contributed by atoms with Crippen LogP contribution in [0.1, 0.15) is 6.42 Å². The van der Waals surface area contributed by atoms with Crippen LogP contribution in [0.5, 0.6) is 0 Å². The molecule has 0 radical (unpaired) electrons. The van der Waals surface area contributed by atoms with E-state index < -0.39 is 16.7 Å². The maximum atomic E-state index is 12.5. The van der Waals surface area contributed by atoms with E-state index in [0.29, 0.717) is 5.56 Å². The van der Waals surface area contributed by atoms with Gasteiger partial charge in [-0.25, -0.2) is 0 Å². The van der Waals surface area contributed by atoms with Crippen LogP contribution in [-0.4, -0.2) is 33.5 Å². The Morgan fingerprint density at radius 2 is 1.86 bits per heavy atom. The third-order valence-corrected chi connectivity index (χ3v) is 4.54. The summed E-state index contributed by atoms with van der Waals surface area (Å²) < 4.78 is 5.42. The van der Waals surface area contributed by atoms with Crippen molar-refractivity contribution in [1.29, 1.82) is 0 Å². The van der Waals surface area contributed by atoms with Gasteiger partial charge in [0.25, 0.3) is 5.69 Å². The first-order valence-electron chi connectivity index (χ1n) is 8.76. The van der Waals surface area contributed by atoms with E-state index in [1.807, 2.05) is 30.3 Å². The normalized spacial score (nSPS) is 16.1. The van der Waals surface area contributed by atoms with Gasteiger partial charge in [-0.15, -0.1) is 5.10 Å². The Labute approximate surface area is 164 Å². The molecule has 146 valence electrons. The van der Waals surface area contributed by atoms with Gasteiger partial charge in [-0.2, -0.15) is 0 Å². The molecule has 3 aromatic rings. The lowest BCUT2D eigenvalue weighted by Gasteiger charge is -2.16. The van der Waals surface area contributed by atoms with Crippen LogP contribution in [0, 0.1) is 16.0 Å². The number of anilines is 2. The number of non-ortho nitro benzene ring substituents is 1. The van der Waals surface area contributed by atoms with E-state index in [-0.39, 0.29) is 36.5 Å². The molecule has 1 atom stereocenters. The van der Waals surface area contributed by atoms with Crippen LogP contribution in [-0.2, 0) is 9.59 Å². The SMILES string of the molecule is O=C(Nc1nnc(-c2ccc([N+](=O)[O-])cc2)o1)C1CC(=O)N(c2ccccc2)C1. The van der Waals surface area contributed by atoms with Gasteiger partial charge in [0, 0.05) is 36.3 Å². The topological polar surface area (TPSA) is 131 Å². The molecule has 1 N–H and O–H groups in total. The van der Waals surface area contributed by atoms with Crippen molar-refractivity contribution in [1.82, 2.24) is 10.2 Å². The van der Waals surface area contributed by atoms with Crippen LogP contribution in [0.4, 0.5) is 17.4 Å². The monoisotopic (exact) mass is 393 g/mol. The van der Waals surface area contributed by atoms with Crippen molar-refractivity contribution in [3.63, 3.8) is 0 Å². The Morgan fingerprint density at radius 3 is 2.55 bits per heavy atom. The third-order valence-electron chi connectivity index (χ3n) is 4.54. The number of amides is 2. The largest absolute Gasteiger partial charge is 0.403 e. The molecule has 2 amide bonds. The number of nitro benzene ring substituents is 1. The predicted octanol–water partition coefficient (Wildman–Crippen LogP) is 2.64. The van der Waals surface area contributed by atoms with Crippen molar-refractivity contribution in [3.8, 4) is 11.5 Å². The van der Waals surface area contributed by atoms with Crippen LogP contribution in [0.3, 0.4) is 0 Å². The molecule has 10 heteroatoms. The van der Waals surface area contributed by atoms with Crippen molar-refractivity contribution in [2.75, 3.05) is 16.8 Å². The predicted molar refractivity (Wildman–Crippen MR) is 102 cm³/mol. The van der Waals surface area contributed by atoms with Crippen LogP contribution >= 0.6 is 0 Å². The molecular formula is C19H15N5O5. The van der Waals surface area contributed by atoms with Gasteiger partial charge in [-0.3, -0.25) is 25.0 Å². The molecule has 2 heterocycles. The number of hydrogen-bond acceptors (Lipinski definition) is 7. The zero-order valence-corrected chi connectivity index (χ0v) is 15.0. The van der Waals surface area contributed by atoms with Gasteiger partial charge in [0.1, 0.15) is 0 Å². The van der Waals surface area contributed by atoms with Gasteiger partial charge >= 0.3 is 6.01 Å². The van der Waals surface area contributed by atoms with Crippen molar-refractivity contribution < 1.29 is 18.9 Å². The molecule has 1 aliphatic rings. The molecular weight excluding hydrogens is 378 g/mol. The molecule has 1 saturated heterocycles. The van der Waals surface area contributed by atoms with E-state index in [2.05, 4.69) is 15.5 Å². The summed E-state index contributed by atoms with van der Waals surface area (Å²) in [6, 6.07) is 14.6. The van der Waals surface area contributed by atoms with Gasteiger partial charge in [-0.05, 0) is 24.3 Å². The molecule has 0 spiro atoms. The molecule has 0 saturated carbocycles. The number of hydrogen-bond donors (Lipinski definition) is 1. The summed E-state index contributed by atoms with van der Waals surface area (Å²) in [4.78, 5) is 36.5. The quantitative estimate of drug-likeness (QED) is 0.520. The number of carbonyl (C=O) groups excluding carboxylic acids is 2. The Balaban J connectivity index is 1.42. The summed E-state index contributed by atoms with van der Waals surface area (Å²) in [5, 5.41) is 20.9. The summed E-state index contributed by atoms with van der Waals surface area (Å²) in [7, 11) is 0. The minimum Gasteiger partial charge on any atom is -0.403 e. The standard InChI is InChI=1S/C19H15N5O5/c25-16-10-13(11-23(16)14-4-2-1-3-5-14)17(26)20-19-22-21-18(29-19)12-6-8-15(9-7-12)24(27)28/h1-9,13H,10-11H2,(H,20,22,26). The zero-order chi connectivity index (χ0) is 20.4. The van der Waals surface area contributed by atoms with Gasteiger partial charge in [0.2, 0.25) is 17.7 Å². The first kappa shape index (κ1) is 18.3. The summed E-state index contributed by atoms with van der Waals surface area (Å²) in [5.41, 5.74) is 1.16. The average Bonchev–Trinajstić information content (AvgIpc) is 3.35. The Kier molecular flexibility index (Phi) is 4.73. The second kappa shape index (κ2) is 7.50. The lowest BCUT2D eigenvalue weighted by Crippen LogP contribution is -2.28. The van der Waals surface area contributed by atoms with Crippen molar-refractivity contribution in [2.24, 2.45) is 5.92 Å². The summed E-state index contributed by atoms with van der Waals surface area (Å²) in [6.45, 7) is 0.262. The van der Waals surface area contributed by atoms with Crippen LogP contribution in [0.25, 0.3) is 11.5 Å². The Hall–Kier alpha value is -4.08. The summed E-state index contributed by atoms with van der Waals surface area (Å²) in [5.74, 6) is -0.954. The minimum absolute atomic E-state index is 0.0596. The van der Waals surface area contributed by atoms with E-state index in [9.17, 15) is 19.7 Å². The maximum Gasteiger partial charge on any atom is 0.322 e. The van der Waals surface area contributed by atoms with Gasteiger partial charge in [0.05, 0.1) is 10.8 Å². The van der Waals surface area contributed by atoms with Crippen molar-refractivity contribution in [3.05, 3.63) is 64.7 Å². The first-order valence-corrected chi connectivity index (χ1v) is 8.76. The van der Waals surface area contributed by atoms with Gasteiger partial charge < -0.3 is 9.32 Å². The second-order valence-electron chi connectivity index (χ2n) is 6.45. The first-order chi connectivity index (χ1) is 14.0. The fourth-order valence-electron chi connectivity index (χ4n) is 3.06. The smallest absolute Gasteiger partial charge is 0.322 e.